The molecule has 0 aromatic heterocycles. The Kier molecular flexibility index (Phi) is 2.59. The fourth-order valence-electron chi connectivity index (χ4n) is 3.87. The third kappa shape index (κ3) is 1.49. The summed E-state index contributed by atoms with van der Waals surface area (Å²) < 4.78 is 11.7. The van der Waals surface area contributed by atoms with Crippen LogP contribution in [0.3, 0.4) is 0 Å². The lowest BCUT2D eigenvalue weighted by Crippen LogP contribution is -2.42. The third-order valence-corrected chi connectivity index (χ3v) is 4.83. The maximum Gasteiger partial charge on any atom is 0.166 e. The van der Waals surface area contributed by atoms with E-state index in [1.807, 2.05) is 12.1 Å². The van der Waals surface area contributed by atoms with Crippen molar-refractivity contribution in [2.24, 2.45) is 0 Å². The molecule has 0 amide bonds. The van der Waals surface area contributed by atoms with Gasteiger partial charge >= 0.3 is 0 Å². The Balaban J connectivity index is 1.96. The zero-order valence-corrected chi connectivity index (χ0v) is 11.6. The molecule has 1 aromatic carbocycles. The summed E-state index contributed by atoms with van der Waals surface area (Å²) >= 11 is 0. The highest BCUT2D eigenvalue weighted by Gasteiger charge is 2.52. The zero-order valence-electron chi connectivity index (χ0n) is 11.6. The van der Waals surface area contributed by atoms with Crippen molar-refractivity contribution in [2.75, 3.05) is 13.7 Å². The van der Waals surface area contributed by atoms with Gasteiger partial charge in [0.1, 0.15) is 6.10 Å². The molecule has 2 N–H and O–H groups in total. The molecule has 0 bridgehead atoms. The minimum absolute atomic E-state index is 0.00690. The average Bonchev–Trinajstić information content (AvgIpc) is 2.66. The van der Waals surface area contributed by atoms with Crippen molar-refractivity contribution >= 4 is 0 Å². The van der Waals surface area contributed by atoms with Crippen molar-refractivity contribution in [2.45, 2.75) is 37.0 Å². The van der Waals surface area contributed by atoms with Gasteiger partial charge in [-0.2, -0.15) is 0 Å². The Morgan fingerprint density at radius 1 is 1.45 bits per heavy atom. The van der Waals surface area contributed by atoms with Crippen LogP contribution in [0.25, 0.3) is 0 Å². The smallest absolute Gasteiger partial charge is 0.166 e. The van der Waals surface area contributed by atoms with Crippen LogP contribution in [-0.4, -0.2) is 31.0 Å². The molecule has 4 rings (SSSR count). The molecule has 2 aliphatic heterocycles. The summed E-state index contributed by atoms with van der Waals surface area (Å²) in [5, 5.41) is 13.4. The van der Waals surface area contributed by atoms with Crippen LogP contribution in [0.1, 0.15) is 24.0 Å². The molecular weight excluding hydrogens is 254 g/mol. The first-order chi connectivity index (χ1) is 9.74. The lowest BCUT2D eigenvalue weighted by Gasteiger charge is -2.35. The van der Waals surface area contributed by atoms with Gasteiger partial charge in [0, 0.05) is 18.5 Å². The van der Waals surface area contributed by atoms with Crippen LogP contribution >= 0.6 is 0 Å². The van der Waals surface area contributed by atoms with Crippen LogP contribution in [0, 0.1) is 0 Å². The van der Waals surface area contributed by atoms with Crippen LogP contribution < -0.4 is 14.8 Å². The van der Waals surface area contributed by atoms with E-state index in [1.165, 1.54) is 11.1 Å². The van der Waals surface area contributed by atoms with Crippen LogP contribution in [-0.2, 0) is 12.0 Å². The Hall–Kier alpha value is -1.52. The molecule has 106 valence electrons. The Labute approximate surface area is 118 Å². The number of hydrogen-bond acceptors (Lipinski definition) is 4. The van der Waals surface area contributed by atoms with Gasteiger partial charge in [-0.15, -0.1) is 0 Å². The number of nitrogens with one attached hydrogen (secondary N) is 1. The Bertz CT molecular complexity index is 583. The summed E-state index contributed by atoms with van der Waals surface area (Å²) in [4.78, 5) is 0. The number of hydrogen-bond donors (Lipinski definition) is 2. The molecule has 2 heterocycles. The number of methoxy groups -OCH3 is 1. The van der Waals surface area contributed by atoms with Gasteiger partial charge in [-0.25, -0.2) is 0 Å². The fourth-order valence-corrected chi connectivity index (χ4v) is 3.87. The SMILES string of the molecule is COc1ccc2c3c1OC1C[C@@H](O)C=C[C@@]31CCNC2. The van der Waals surface area contributed by atoms with Crippen molar-refractivity contribution in [3.05, 3.63) is 35.4 Å². The van der Waals surface area contributed by atoms with Crippen LogP contribution in [0.4, 0.5) is 0 Å². The molecular formula is C16H19NO3. The van der Waals surface area contributed by atoms with Gasteiger partial charge in [-0.1, -0.05) is 18.2 Å². The standard InChI is InChI=1S/C16H19NO3/c1-19-12-3-2-10-9-17-7-6-16-5-4-11(18)8-13(16)20-15(12)14(10)16/h2-5,11,13,17-18H,6-9H2,1H3/t11-,13?,16-/m0/s1. The van der Waals surface area contributed by atoms with Gasteiger partial charge in [-0.3, -0.25) is 0 Å². The quantitative estimate of drug-likeness (QED) is 0.762. The molecule has 4 nitrogen and oxygen atoms in total. The Morgan fingerprint density at radius 3 is 3.20 bits per heavy atom. The van der Waals surface area contributed by atoms with E-state index in [1.54, 1.807) is 7.11 Å². The van der Waals surface area contributed by atoms with Gasteiger partial charge in [0.25, 0.3) is 0 Å². The number of benzene rings is 1. The monoisotopic (exact) mass is 273 g/mol. The second kappa shape index (κ2) is 4.24. The lowest BCUT2D eigenvalue weighted by atomic mass is 9.69. The summed E-state index contributed by atoms with van der Waals surface area (Å²) in [6.45, 7) is 1.82. The molecule has 1 aliphatic carbocycles. The van der Waals surface area contributed by atoms with E-state index in [9.17, 15) is 5.11 Å². The van der Waals surface area contributed by atoms with Gasteiger partial charge in [0.05, 0.1) is 18.6 Å². The summed E-state index contributed by atoms with van der Waals surface area (Å²) in [6, 6.07) is 4.11. The average molecular weight is 273 g/mol. The number of ether oxygens (including phenoxy) is 2. The van der Waals surface area contributed by atoms with Gasteiger partial charge in [-0.05, 0) is 24.6 Å². The Morgan fingerprint density at radius 2 is 2.35 bits per heavy atom. The van der Waals surface area contributed by atoms with E-state index in [2.05, 4.69) is 17.5 Å². The van der Waals surface area contributed by atoms with E-state index < -0.39 is 6.10 Å². The second-order valence-corrected chi connectivity index (χ2v) is 5.87. The highest BCUT2D eigenvalue weighted by atomic mass is 16.5. The van der Waals surface area contributed by atoms with E-state index in [0.29, 0.717) is 6.42 Å². The number of rotatable bonds is 1. The molecule has 3 atom stereocenters. The summed E-state index contributed by atoms with van der Waals surface area (Å²) in [7, 11) is 1.68. The molecule has 1 aromatic rings. The molecule has 0 fully saturated rings. The van der Waals surface area contributed by atoms with Crippen molar-refractivity contribution in [1.29, 1.82) is 0 Å². The van der Waals surface area contributed by atoms with E-state index in [0.717, 1.165) is 31.0 Å². The van der Waals surface area contributed by atoms with Crippen LogP contribution in [0.2, 0.25) is 0 Å². The molecule has 0 radical (unpaired) electrons. The highest BCUT2D eigenvalue weighted by molar-refractivity contribution is 5.60. The predicted molar refractivity (Wildman–Crippen MR) is 75.2 cm³/mol. The number of aliphatic hydroxyl groups excluding tert-OH is 1. The fraction of sp³-hybridized carbons (Fsp3) is 0.500. The number of aliphatic hydroxyl groups is 1. The first kappa shape index (κ1) is 12.2. The molecule has 20 heavy (non-hydrogen) atoms. The highest BCUT2D eigenvalue weighted by Crippen LogP contribution is 2.55. The maximum atomic E-state index is 9.92. The molecule has 1 spiro atoms. The summed E-state index contributed by atoms with van der Waals surface area (Å²) in [5.74, 6) is 1.67. The lowest BCUT2D eigenvalue weighted by molar-refractivity contribution is 0.0851. The van der Waals surface area contributed by atoms with E-state index in [-0.39, 0.29) is 11.5 Å². The summed E-state index contributed by atoms with van der Waals surface area (Å²) in [5.41, 5.74) is 2.43. The van der Waals surface area contributed by atoms with Gasteiger partial charge < -0.3 is 19.9 Å². The topological polar surface area (TPSA) is 50.7 Å². The zero-order chi connectivity index (χ0) is 13.7. The molecule has 4 heteroatoms. The molecule has 1 unspecified atom stereocenters. The first-order valence-electron chi connectivity index (χ1n) is 7.20. The molecule has 3 aliphatic rings. The van der Waals surface area contributed by atoms with Crippen LogP contribution in [0.5, 0.6) is 11.5 Å². The minimum atomic E-state index is -0.411. The van der Waals surface area contributed by atoms with Gasteiger partial charge in [0.15, 0.2) is 11.5 Å². The molecule has 0 saturated carbocycles. The third-order valence-electron chi connectivity index (χ3n) is 4.83. The van der Waals surface area contributed by atoms with Gasteiger partial charge in [0.2, 0.25) is 0 Å². The molecule has 0 saturated heterocycles. The predicted octanol–water partition coefficient (Wildman–Crippen LogP) is 1.51. The van der Waals surface area contributed by atoms with Crippen molar-refractivity contribution in [3.63, 3.8) is 0 Å². The van der Waals surface area contributed by atoms with Crippen molar-refractivity contribution < 1.29 is 14.6 Å². The van der Waals surface area contributed by atoms with Crippen molar-refractivity contribution in [3.8, 4) is 11.5 Å². The summed E-state index contributed by atoms with van der Waals surface area (Å²) in [6.07, 6.45) is 5.32. The first-order valence-corrected chi connectivity index (χ1v) is 7.20. The largest absolute Gasteiger partial charge is 0.493 e. The second-order valence-electron chi connectivity index (χ2n) is 5.87. The van der Waals surface area contributed by atoms with E-state index in [4.69, 9.17) is 9.47 Å². The maximum absolute atomic E-state index is 9.92. The van der Waals surface area contributed by atoms with Crippen molar-refractivity contribution in [1.82, 2.24) is 5.32 Å². The minimum Gasteiger partial charge on any atom is -0.493 e. The normalized spacial score (nSPS) is 33.9. The van der Waals surface area contributed by atoms with E-state index >= 15 is 0 Å². The van der Waals surface area contributed by atoms with Crippen LogP contribution in [0.15, 0.2) is 24.3 Å².